The zero-order valence-corrected chi connectivity index (χ0v) is 41.6. The number of primary amides is 1. The van der Waals surface area contributed by atoms with Crippen molar-refractivity contribution in [1.29, 1.82) is 0 Å². The number of nitrogens with zero attached hydrogens (tertiary/aromatic N) is 3. The number of aliphatic hydroxyl groups is 2. The smallest absolute Gasteiger partial charge is 0.335 e. The summed E-state index contributed by atoms with van der Waals surface area (Å²) in [5.74, 6) is 1.22. The number of hydrogen-bond acceptors (Lipinski definition) is 15. The molecule has 2 aromatic rings. The lowest BCUT2D eigenvalue weighted by atomic mass is 9.97. The van der Waals surface area contributed by atoms with E-state index >= 15 is 0 Å². The zero-order chi connectivity index (χ0) is 47.5. The number of amides is 4. The standard InChI is InChI=1S/C24H34NO8PS3.C11H21NO.C9H14N2O3/c1-23(2,14-26)21(29)35-9-7-32-34(31,33-8-10-36-22(30)24(3,4)15-27)13-16-5-6-18-17(11-16)12-19(37-18)20(25)28;1-10(2)6-5-7-11(13)12-8-3-4-9-12;12-7-10-5-8(6-10)9(13)11-1-3-14-4-2-11/h5-6,11-12,26-27H,7-10,13-15H2,1-4H3,(H2,25,28);10H,3-9H2,1-2H3;7-8H,1-6H2. The molecule has 4 amide bonds. The van der Waals surface area contributed by atoms with Crippen molar-refractivity contribution in [1.82, 2.24) is 14.7 Å². The van der Waals surface area contributed by atoms with Gasteiger partial charge in [0.05, 0.1) is 67.4 Å². The number of thiophene rings is 1. The second kappa shape index (κ2) is 27.1. The van der Waals surface area contributed by atoms with Gasteiger partial charge in [0.15, 0.2) is 10.2 Å². The van der Waals surface area contributed by atoms with E-state index in [1.165, 1.54) is 30.6 Å². The van der Waals surface area contributed by atoms with Crippen molar-refractivity contribution in [3.05, 3.63) is 34.7 Å². The Morgan fingerprint density at radius 1 is 0.906 bits per heavy atom. The highest BCUT2D eigenvalue weighted by Crippen LogP contribution is 2.52. The molecule has 3 aliphatic rings. The van der Waals surface area contributed by atoms with Crippen molar-refractivity contribution in [2.45, 2.75) is 79.8 Å². The molecule has 0 bridgehead atoms. The molecule has 0 unspecified atom stereocenters. The first-order chi connectivity index (χ1) is 30.2. The summed E-state index contributed by atoms with van der Waals surface area (Å²) in [5.41, 5.74) is 4.26. The molecule has 20 heteroatoms. The molecule has 1 aromatic carbocycles. The maximum absolute atomic E-state index is 13.6. The third-order valence-electron chi connectivity index (χ3n) is 10.7. The monoisotopic (exact) mass is 972 g/mol. The van der Waals surface area contributed by atoms with Gasteiger partial charge in [-0.3, -0.25) is 33.3 Å². The van der Waals surface area contributed by atoms with Crippen molar-refractivity contribution in [3.63, 3.8) is 0 Å². The second-order valence-corrected chi connectivity index (χ2v) is 23.0. The number of nitrogens with two attached hydrogens (primary N) is 1. The number of carbonyl (C=O) groups excluding carboxylic acids is 6. The predicted octanol–water partition coefficient (Wildman–Crippen LogP) is 5.65. The maximum atomic E-state index is 13.6. The Labute approximate surface area is 390 Å². The fourth-order valence-corrected chi connectivity index (χ4v) is 10.8. The number of thioether (sulfide) groups is 2. The van der Waals surface area contributed by atoms with E-state index in [0.29, 0.717) is 55.7 Å². The highest BCUT2D eigenvalue weighted by Gasteiger charge is 2.35. The van der Waals surface area contributed by atoms with Gasteiger partial charge in [0, 0.05) is 61.9 Å². The quantitative estimate of drug-likeness (QED) is 0.0782. The fourth-order valence-electron chi connectivity index (χ4n) is 6.39. The minimum atomic E-state index is -3.68. The maximum Gasteiger partial charge on any atom is 0.335 e. The van der Waals surface area contributed by atoms with Crippen LogP contribution in [0.25, 0.3) is 10.1 Å². The van der Waals surface area contributed by atoms with Gasteiger partial charge in [0.1, 0.15) is 0 Å². The van der Waals surface area contributed by atoms with Gasteiger partial charge in [-0.2, -0.15) is 0 Å². The summed E-state index contributed by atoms with van der Waals surface area (Å²) in [6, 6.07) is 7.05. The van der Waals surface area contributed by atoms with Crippen LogP contribution >= 0.6 is 42.5 Å². The minimum absolute atomic E-state index is 0.0225. The molecule has 3 aliphatic heterocycles. The molecule has 0 radical (unpaired) electrons. The summed E-state index contributed by atoms with van der Waals surface area (Å²) in [6.07, 6.45) is 6.16. The molecule has 5 rings (SSSR count). The van der Waals surface area contributed by atoms with Crippen LogP contribution in [0.3, 0.4) is 0 Å². The van der Waals surface area contributed by atoms with E-state index in [4.69, 9.17) is 19.5 Å². The van der Waals surface area contributed by atoms with Crippen LogP contribution in [0.2, 0.25) is 0 Å². The van der Waals surface area contributed by atoms with E-state index in [2.05, 4.69) is 13.8 Å². The largest absolute Gasteiger partial charge is 0.395 e. The number of rotatable bonds is 21. The highest BCUT2D eigenvalue weighted by molar-refractivity contribution is 8.14. The Bertz CT molecular complexity index is 1850. The number of carbonyl (C=O) groups is 6. The van der Waals surface area contributed by atoms with Crippen molar-refractivity contribution < 1.29 is 57.3 Å². The Kier molecular flexibility index (Phi) is 23.5. The van der Waals surface area contributed by atoms with E-state index in [1.54, 1.807) is 50.8 Å². The molecular weight excluding hydrogens is 904 g/mol. The van der Waals surface area contributed by atoms with Crippen LogP contribution in [-0.2, 0) is 48.5 Å². The summed E-state index contributed by atoms with van der Waals surface area (Å²) >= 11 is 3.24. The summed E-state index contributed by atoms with van der Waals surface area (Å²) in [6.45, 7) is 16.2. The van der Waals surface area contributed by atoms with Gasteiger partial charge in [-0.1, -0.05) is 49.9 Å². The van der Waals surface area contributed by atoms with Crippen LogP contribution < -0.4 is 5.73 Å². The number of ether oxygens (including phenoxy) is 1. The van der Waals surface area contributed by atoms with Crippen LogP contribution in [0.15, 0.2) is 24.3 Å². The molecule has 4 heterocycles. The minimum Gasteiger partial charge on any atom is -0.395 e. The molecule has 0 atom stereocenters. The fraction of sp³-hybridized carbons (Fsp3) is 0.682. The lowest BCUT2D eigenvalue weighted by molar-refractivity contribution is -0.147. The second-order valence-electron chi connectivity index (χ2n) is 17.7. The third kappa shape index (κ3) is 18.4. The molecule has 0 saturated carbocycles. The third-order valence-corrected chi connectivity index (χ3v) is 16.1. The highest BCUT2D eigenvalue weighted by atomic mass is 32.2. The number of benzene rings is 1. The number of likely N-dealkylation sites (tertiary alicyclic amines) is 2. The van der Waals surface area contributed by atoms with Crippen molar-refractivity contribution in [3.8, 4) is 0 Å². The Hall–Kier alpha value is -2.87. The van der Waals surface area contributed by atoms with Crippen LogP contribution in [0.5, 0.6) is 0 Å². The van der Waals surface area contributed by atoms with Gasteiger partial charge in [0.2, 0.25) is 18.2 Å². The first kappa shape index (κ1) is 55.5. The Balaban J connectivity index is 0.000000324. The molecule has 3 fully saturated rings. The zero-order valence-electron chi connectivity index (χ0n) is 38.3. The van der Waals surface area contributed by atoms with E-state index in [9.17, 15) is 43.5 Å². The number of hydrogen-bond donors (Lipinski definition) is 3. The molecule has 1 aromatic heterocycles. The average Bonchev–Trinajstić information content (AvgIpc) is 3.95. The molecule has 0 spiro atoms. The van der Waals surface area contributed by atoms with Gasteiger partial charge in [0.25, 0.3) is 5.91 Å². The predicted molar refractivity (Wildman–Crippen MR) is 253 cm³/mol. The average molecular weight is 973 g/mol. The van der Waals surface area contributed by atoms with Crippen molar-refractivity contribution in [2.75, 3.05) is 90.4 Å². The Morgan fingerprint density at radius 3 is 1.97 bits per heavy atom. The van der Waals surface area contributed by atoms with Crippen LogP contribution in [0, 0.1) is 22.7 Å². The summed E-state index contributed by atoms with van der Waals surface area (Å²) in [7, 11) is -3.68. The topological polar surface area (TPSA) is 223 Å². The van der Waals surface area contributed by atoms with E-state index in [0.717, 1.165) is 71.9 Å². The van der Waals surface area contributed by atoms with E-state index in [-0.39, 0.29) is 66.2 Å². The Morgan fingerprint density at radius 2 is 1.47 bits per heavy atom. The normalized spacial score (nSPS) is 15.9. The van der Waals surface area contributed by atoms with Crippen LogP contribution in [0.4, 0.5) is 0 Å². The summed E-state index contributed by atoms with van der Waals surface area (Å²) in [5, 5.41) is 19.1. The molecular formula is C44H69N4O12PS3. The number of aliphatic hydroxyl groups excluding tert-OH is 2. The first-order valence-electron chi connectivity index (χ1n) is 21.8. The molecule has 4 N–H and O–H groups in total. The molecule has 0 aliphatic carbocycles. The molecule has 3 saturated heterocycles. The number of morpholine rings is 1. The van der Waals surface area contributed by atoms with Crippen molar-refractivity contribution >= 4 is 86.9 Å². The van der Waals surface area contributed by atoms with Crippen LogP contribution in [-0.4, -0.2) is 150 Å². The van der Waals surface area contributed by atoms with Gasteiger partial charge in [-0.25, -0.2) is 0 Å². The SMILES string of the molecule is CC(C)(CO)C(=O)SCCOP(=O)(Cc1ccc2sc(C(N)=O)cc2c1)OCCSC(=O)C(C)(C)CO.CC(C)CCCC(=O)N1CCCC1.O=CN1CC(C(=O)N2CCOCC2)C1. The molecule has 16 nitrogen and oxygen atoms in total. The molecule has 64 heavy (non-hydrogen) atoms. The van der Waals surface area contributed by atoms with E-state index < -0.39 is 24.3 Å². The van der Waals surface area contributed by atoms with E-state index in [1.807, 2.05) is 15.9 Å². The van der Waals surface area contributed by atoms with Gasteiger partial charge < -0.3 is 44.4 Å². The van der Waals surface area contributed by atoms with Gasteiger partial charge in [-0.15, -0.1) is 11.3 Å². The van der Waals surface area contributed by atoms with Gasteiger partial charge >= 0.3 is 7.60 Å². The summed E-state index contributed by atoms with van der Waals surface area (Å²) in [4.78, 5) is 75.5. The molecule has 360 valence electrons. The lowest BCUT2D eigenvalue weighted by Gasteiger charge is -2.39. The number of fused-ring (bicyclic) bond motifs is 1. The van der Waals surface area contributed by atoms with Crippen LogP contribution in [0.1, 0.15) is 88.9 Å². The van der Waals surface area contributed by atoms with Crippen molar-refractivity contribution in [2.24, 2.45) is 28.4 Å². The first-order valence-corrected chi connectivity index (χ1v) is 26.4. The summed E-state index contributed by atoms with van der Waals surface area (Å²) < 4.78 is 31.0. The lowest BCUT2D eigenvalue weighted by Crippen LogP contribution is -2.55. The van der Waals surface area contributed by atoms with Gasteiger partial charge in [-0.05, 0) is 82.0 Å².